The van der Waals surface area contributed by atoms with E-state index in [1.54, 1.807) is 13.8 Å². The second kappa shape index (κ2) is 38.6. The molecule has 44 nitrogen and oxygen atoms in total. The van der Waals surface area contributed by atoms with E-state index in [1.165, 1.54) is 33.9 Å². The van der Waals surface area contributed by atoms with Gasteiger partial charge in [0.25, 0.3) is 0 Å². The van der Waals surface area contributed by atoms with Crippen LogP contribution in [0.5, 0.6) is 0 Å². The van der Waals surface area contributed by atoms with Gasteiger partial charge in [0, 0.05) is 12.1 Å². The SMILES string of the molecule is CC1O[C@H](O[C@@H]2C(CO)O[C@H](O[C@@H]3C(CO)O[C@@H](OCc4cn(CCOCCOCCn5cc(CO[C@H]6OC(CO)[C@H](O[C@@H]7OC(CO)[C@H](O[C@@H]8OC(C)[C@H](N[C@@H]9C=C(CO)[C@H](O)[C@@H](O)[C@@H]9O)C[C@H]8O)C(O)[C@H]7O)C(O)[C@H]6O)nn5)nn4)C(O)[C@H]3O)C(O)[C@H]2O)C(O)C[C@@H]1N[C@H]1C=C(CO)[C@@H](O)[C@H](O)[C@@H]1O. The lowest BCUT2D eigenvalue weighted by Crippen LogP contribution is -2.66. The number of hydrogen-bond donors (Lipinski definition) is 24. The maximum absolute atomic E-state index is 11.3. The van der Waals surface area contributed by atoms with E-state index in [1.807, 2.05) is 0 Å². The molecule has 11 unspecified atom stereocenters. The van der Waals surface area contributed by atoms with Crippen LogP contribution >= 0.6 is 0 Å². The normalized spacial score (nSPS) is 44.0. The molecule has 24 N–H and O–H groups in total. The van der Waals surface area contributed by atoms with Gasteiger partial charge in [-0.1, -0.05) is 22.6 Å². The molecule has 8 aliphatic rings. The summed E-state index contributed by atoms with van der Waals surface area (Å²) in [6.45, 7) is -0.604. The van der Waals surface area contributed by atoms with E-state index in [2.05, 4.69) is 31.3 Å². The summed E-state index contributed by atoms with van der Waals surface area (Å²) in [5.41, 5.74) is 0.698. The Labute approximate surface area is 604 Å². The van der Waals surface area contributed by atoms with Crippen LogP contribution < -0.4 is 10.6 Å². The standard InChI is InChI=1S/C62H102N8O36/c1-23-29(63-31-9-25(15-71)39(79)43(83)41(31)81)11-33(77)57(97-23)103-53-37(19-75)101-61(51(91)47(53)87)105-55-35(17-73)99-59(49(89)45(55)85)95-21-27-13-69(67-65-27)3-5-93-7-8-94-6-4-70-14-28(66-68-70)22-96-60-50(90)46(86)56(36(18-74)100-60)106-62-52(92)48(88)54(38(20-76)102-62)104-58-34(78)12-30(24(2)98-58)64-32-10-26(16-72)40(80)44(84)42(32)82/h9-10,13-14,23-24,29-64,71-92H,3-8,11-12,15-22H2,1-2H3/t23?,24?,29-,30+,31-,32+,33-,34?,35?,36?,37?,38?,39+,40-,41-,42-,43-,44+,45?,46-,47?,48-,49-,50?,51-,52?,53+,54-,55+,56-,57+,58-,59+,60-,61+,62-/m1/s1. The van der Waals surface area contributed by atoms with Crippen molar-refractivity contribution in [3.63, 3.8) is 0 Å². The number of aromatic nitrogens is 6. The third-order valence-electron chi connectivity index (χ3n) is 20.0. The third kappa shape index (κ3) is 19.8. The second-order valence-corrected chi connectivity index (χ2v) is 27.3. The Balaban J connectivity index is 0.587. The van der Waals surface area contributed by atoms with Crippen LogP contribution in [0.25, 0.3) is 0 Å². The van der Waals surface area contributed by atoms with Crippen LogP contribution in [0.2, 0.25) is 0 Å². The highest BCUT2D eigenvalue weighted by Crippen LogP contribution is 2.37. The summed E-state index contributed by atoms with van der Waals surface area (Å²) >= 11 is 0. The lowest BCUT2D eigenvalue weighted by atomic mass is 9.87. The molecular weight excluding hydrogens is 1430 g/mol. The number of rotatable bonds is 33. The lowest BCUT2D eigenvalue weighted by Gasteiger charge is -2.48. The highest BCUT2D eigenvalue weighted by molar-refractivity contribution is 5.23. The topological polar surface area (TPSA) is 660 Å². The highest BCUT2D eigenvalue weighted by atomic mass is 16.8. The van der Waals surface area contributed by atoms with Crippen molar-refractivity contribution in [1.29, 1.82) is 0 Å². The molecule has 0 spiro atoms. The van der Waals surface area contributed by atoms with E-state index in [0.717, 1.165) is 0 Å². The summed E-state index contributed by atoms with van der Waals surface area (Å²) in [4.78, 5) is 0. The van der Waals surface area contributed by atoms with Gasteiger partial charge in [-0.05, 0) is 37.8 Å². The van der Waals surface area contributed by atoms with E-state index in [4.69, 9.17) is 66.3 Å². The second-order valence-electron chi connectivity index (χ2n) is 27.3. The molecule has 36 atom stereocenters. The van der Waals surface area contributed by atoms with Crippen molar-refractivity contribution in [2.24, 2.45) is 0 Å². The van der Waals surface area contributed by atoms with Crippen molar-refractivity contribution in [2.75, 3.05) is 66.1 Å². The van der Waals surface area contributed by atoms with Gasteiger partial charge in [0.15, 0.2) is 37.7 Å². The molecule has 0 amide bonds. The zero-order valence-electron chi connectivity index (χ0n) is 57.6. The van der Waals surface area contributed by atoms with Gasteiger partial charge in [-0.3, -0.25) is 0 Å². The maximum Gasteiger partial charge on any atom is 0.187 e. The number of aliphatic hydroxyl groups is 22. The first kappa shape index (κ1) is 84.7. The first-order chi connectivity index (χ1) is 50.7. The number of ether oxygens (including phenoxy) is 14. The molecule has 2 aromatic rings. The van der Waals surface area contributed by atoms with Crippen molar-refractivity contribution in [2.45, 2.75) is 274 Å². The molecule has 2 aliphatic carbocycles. The summed E-state index contributed by atoms with van der Waals surface area (Å²) in [5, 5.41) is 257. The van der Waals surface area contributed by atoms with Crippen LogP contribution in [0.3, 0.4) is 0 Å². The van der Waals surface area contributed by atoms with Crippen molar-refractivity contribution in [1.82, 2.24) is 40.6 Å². The van der Waals surface area contributed by atoms with Crippen LogP contribution in [0.15, 0.2) is 35.7 Å². The van der Waals surface area contributed by atoms with Gasteiger partial charge >= 0.3 is 0 Å². The predicted molar refractivity (Wildman–Crippen MR) is 340 cm³/mol. The van der Waals surface area contributed by atoms with Crippen LogP contribution in [0.4, 0.5) is 0 Å². The van der Waals surface area contributed by atoms with Crippen LogP contribution in [0, 0.1) is 0 Å². The van der Waals surface area contributed by atoms with Gasteiger partial charge in [-0.2, -0.15) is 0 Å². The van der Waals surface area contributed by atoms with E-state index in [0.29, 0.717) is 0 Å². The summed E-state index contributed by atoms with van der Waals surface area (Å²) in [5.74, 6) is 0. The Morgan fingerprint density at radius 2 is 0.717 bits per heavy atom. The van der Waals surface area contributed by atoms with Gasteiger partial charge < -0.3 is 189 Å². The minimum atomic E-state index is -1.95. The monoisotopic (exact) mass is 1530 g/mol. The van der Waals surface area contributed by atoms with Gasteiger partial charge in [0.05, 0.1) is 129 Å². The fraction of sp³-hybridized carbons (Fsp3) is 0.871. The predicted octanol–water partition coefficient (Wildman–Crippen LogP) is -14.4. The smallest absolute Gasteiger partial charge is 0.187 e. The number of nitrogens with one attached hydrogen (secondary N) is 2. The molecule has 106 heavy (non-hydrogen) atoms. The van der Waals surface area contributed by atoms with Gasteiger partial charge in [-0.15, -0.1) is 10.2 Å². The summed E-state index contributed by atoms with van der Waals surface area (Å²) in [7, 11) is 0. The summed E-state index contributed by atoms with van der Waals surface area (Å²) in [6.07, 6.45) is -44.5. The Kier molecular flexibility index (Phi) is 30.9. The van der Waals surface area contributed by atoms with Crippen molar-refractivity contribution >= 4 is 0 Å². The van der Waals surface area contributed by atoms with Crippen LogP contribution in [0.1, 0.15) is 38.1 Å². The Morgan fingerprint density at radius 1 is 0.396 bits per heavy atom. The average Bonchev–Trinajstić information content (AvgIpc) is 0.971. The summed E-state index contributed by atoms with van der Waals surface area (Å²) < 4.78 is 83.8. The highest BCUT2D eigenvalue weighted by Gasteiger charge is 2.56. The van der Waals surface area contributed by atoms with Crippen molar-refractivity contribution in [3.05, 3.63) is 47.1 Å². The Morgan fingerprint density at radius 3 is 1.05 bits per heavy atom. The minimum Gasteiger partial charge on any atom is -0.394 e. The fourth-order valence-corrected chi connectivity index (χ4v) is 13.7. The van der Waals surface area contributed by atoms with Crippen molar-refractivity contribution in [3.8, 4) is 0 Å². The molecule has 0 bridgehead atoms. The van der Waals surface area contributed by atoms with E-state index in [9.17, 15) is 112 Å². The van der Waals surface area contributed by atoms with Gasteiger partial charge in [0.1, 0.15) is 158 Å². The number of hydrogen-bond acceptors (Lipinski definition) is 42. The van der Waals surface area contributed by atoms with Crippen LogP contribution in [-0.2, 0) is 92.6 Å². The minimum absolute atomic E-state index is 0.0711. The zero-order valence-corrected chi connectivity index (χ0v) is 57.6. The largest absolute Gasteiger partial charge is 0.394 e. The number of aliphatic hydroxyl groups excluding tert-OH is 22. The molecule has 2 aromatic heterocycles. The fourth-order valence-electron chi connectivity index (χ4n) is 13.7. The van der Waals surface area contributed by atoms with Gasteiger partial charge in [0.2, 0.25) is 0 Å². The van der Waals surface area contributed by atoms with E-state index < -0.39 is 260 Å². The maximum atomic E-state index is 11.3. The average molecular weight is 1540 g/mol. The Hall–Kier alpha value is -3.76. The summed E-state index contributed by atoms with van der Waals surface area (Å²) in [6, 6.07) is -3.26. The molecule has 0 saturated carbocycles. The van der Waals surface area contributed by atoms with Gasteiger partial charge in [-0.25, -0.2) is 9.36 Å². The van der Waals surface area contributed by atoms with E-state index >= 15 is 0 Å². The first-order valence-electron chi connectivity index (χ1n) is 34.9. The molecule has 44 heteroatoms. The Bertz CT molecular complexity index is 2840. The van der Waals surface area contributed by atoms with Crippen LogP contribution in [-0.4, -0.2) is 429 Å². The lowest BCUT2D eigenvalue weighted by molar-refractivity contribution is -0.374. The quantitative estimate of drug-likeness (QED) is 0.0233. The van der Waals surface area contributed by atoms with E-state index in [-0.39, 0.29) is 88.1 Å². The molecule has 0 aromatic carbocycles. The molecule has 8 heterocycles. The third-order valence-corrected chi connectivity index (χ3v) is 20.0. The van der Waals surface area contributed by atoms with Crippen molar-refractivity contribution < 1.29 is 179 Å². The molecule has 6 saturated heterocycles. The molecule has 606 valence electrons. The molecule has 0 radical (unpaired) electrons. The zero-order chi connectivity index (χ0) is 76.5. The molecular formula is C62H102N8O36. The molecule has 10 rings (SSSR count). The molecule has 6 aliphatic heterocycles. The number of nitrogens with zero attached hydrogens (tertiary/aromatic N) is 6. The first-order valence-corrected chi connectivity index (χ1v) is 34.9. The molecule has 6 fully saturated rings.